The van der Waals surface area contributed by atoms with Crippen molar-refractivity contribution in [3.05, 3.63) is 0 Å². The third-order valence-electron chi connectivity index (χ3n) is 3.90. The molecule has 2 aliphatic rings. The number of rotatable bonds is 2. The largest absolute Gasteiger partial charge is 0.394 e. The van der Waals surface area contributed by atoms with Crippen molar-refractivity contribution >= 4 is 0 Å². The SMILES string of the molecule is CC1(CO)CC(C2CCNCC2)CN1. The summed E-state index contributed by atoms with van der Waals surface area (Å²) >= 11 is 0. The summed E-state index contributed by atoms with van der Waals surface area (Å²) in [5.74, 6) is 1.66. The quantitative estimate of drug-likeness (QED) is 0.600. The standard InChI is InChI=1S/C11H22N2O/c1-11(8-14)6-10(7-13-11)9-2-4-12-5-3-9/h9-10,12-14H,2-8H2,1H3. The second-order valence-corrected chi connectivity index (χ2v) is 5.15. The highest BCUT2D eigenvalue weighted by molar-refractivity contribution is 4.95. The van der Waals surface area contributed by atoms with Gasteiger partial charge in [0.15, 0.2) is 0 Å². The summed E-state index contributed by atoms with van der Waals surface area (Å²) in [7, 11) is 0. The Bertz CT molecular complexity index is 192. The van der Waals surface area contributed by atoms with E-state index in [2.05, 4.69) is 17.6 Å². The summed E-state index contributed by atoms with van der Waals surface area (Å²) in [6.07, 6.45) is 3.77. The van der Waals surface area contributed by atoms with Gasteiger partial charge >= 0.3 is 0 Å². The lowest BCUT2D eigenvalue weighted by molar-refractivity contribution is 0.180. The van der Waals surface area contributed by atoms with Crippen LogP contribution >= 0.6 is 0 Å². The summed E-state index contributed by atoms with van der Waals surface area (Å²) in [4.78, 5) is 0. The molecule has 0 aromatic heterocycles. The Balaban J connectivity index is 1.88. The van der Waals surface area contributed by atoms with Crippen molar-refractivity contribution in [2.24, 2.45) is 11.8 Å². The molecule has 0 amide bonds. The van der Waals surface area contributed by atoms with Crippen LogP contribution in [0.2, 0.25) is 0 Å². The smallest absolute Gasteiger partial charge is 0.0610 e. The zero-order valence-electron chi connectivity index (χ0n) is 9.05. The van der Waals surface area contributed by atoms with E-state index in [9.17, 15) is 5.11 Å². The van der Waals surface area contributed by atoms with Crippen molar-refractivity contribution in [3.8, 4) is 0 Å². The van der Waals surface area contributed by atoms with Gasteiger partial charge in [-0.2, -0.15) is 0 Å². The fourth-order valence-corrected chi connectivity index (χ4v) is 2.87. The lowest BCUT2D eigenvalue weighted by atomic mass is 9.81. The topological polar surface area (TPSA) is 44.3 Å². The summed E-state index contributed by atoms with van der Waals surface area (Å²) in [5.41, 5.74) is -0.00442. The maximum Gasteiger partial charge on any atom is 0.0610 e. The number of aliphatic hydroxyl groups is 1. The van der Waals surface area contributed by atoms with Gasteiger partial charge in [0.2, 0.25) is 0 Å². The third kappa shape index (κ3) is 2.10. The number of hydrogen-bond acceptors (Lipinski definition) is 3. The molecule has 2 rings (SSSR count). The predicted octanol–water partition coefficient (Wildman–Crippen LogP) is 0.346. The molecule has 0 aliphatic carbocycles. The molecule has 2 saturated heterocycles. The second kappa shape index (κ2) is 4.17. The van der Waals surface area contributed by atoms with Gasteiger partial charge in [0, 0.05) is 5.54 Å². The van der Waals surface area contributed by atoms with Crippen LogP contribution in [0.25, 0.3) is 0 Å². The number of nitrogens with one attached hydrogen (secondary N) is 2. The van der Waals surface area contributed by atoms with Crippen molar-refractivity contribution in [3.63, 3.8) is 0 Å². The lowest BCUT2D eigenvalue weighted by Crippen LogP contribution is -2.39. The lowest BCUT2D eigenvalue weighted by Gasteiger charge is -2.28. The fourth-order valence-electron chi connectivity index (χ4n) is 2.87. The Hall–Kier alpha value is -0.120. The average Bonchev–Trinajstić information content (AvgIpc) is 2.63. The molecule has 2 unspecified atom stereocenters. The maximum atomic E-state index is 9.27. The van der Waals surface area contributed by atoms with Crippen molar-refractivity contribution in [2.45, 2.75) is 31.7 Å². The second-order valence-electron chi connectivity index (χ2n) is 5.15. The third-order valence-corrected chi connectivity index (χ3v) is 3.90. The Kier molecular flexibility index (Phi) is 3.10. The Morgan fingerprint density at radius 1 is 1.29 bits per heavy atom. The Labute approximate surface area is 86.3 Å². The molecule has 2 aliphatic heterocycles. The van der Waals surface area contributed by atoms with Gasteiger partial charge in [-0.1, -0.05) is 0 Å². The number of piperidine rings is 1. The van der Waals surface area contributed by atoms with E-state index in [1.807, 2.05) is 0 Å². The fraction of sp³-hybridized carbons (Fsp3) is 1.00. The van der Waals surface area contributed by atoms with E-state index in [1.54, 1.807) is 0 Å². The molecule has 2 fully saturated rings. The van der Waals surface area contributed by atoms with Gasteiger partial charge in [-0.25, -0.2) is 0 Å². The molecule has 0 saturated carbocycles. The predicted molar refractivity (Wildman–Crippen MR) is 57.2 cm³/mol. The van der Waals surface area contributed by atoms with Gasteiger partial charge in [-0.3, -0.25) is 0 Å². The van der Waals surface area contributed by atoms with Crippen LogP contribution in [-0.4, -0.2) is 36.9 Å². The summed E-state index contributed by atoms with van der Waals surface area (Å²) in [5, 5.41) is 16.1. The first-order chi connectivity index (χ1) is 6.73. The van der Waals surface area contributed by atoms with E-state index in [0.29, 0.717) is 0 Å². The number of hydrogen-bond donors (Lipinski definition) is 3. The van der Waals surface area contributed by atoms with Crippen LogP contribution in [0.4, 0.5) is 0 Å². The molecule has 82 valence electrons. The molecule has 2 heterocycles. The molecule has 3 nitrogen and oxygen atoms in total. The van der Waals surface area contributed by atoms with Crippen molar-refractivity contribution in [1.29, 1.82) is 0 Å². The van der Waals surface area contributed by atoms with Gasteiger partial charge in [0.1, 0.15) is 0 Å². The summed E-state index contributed by atoms with van der Waals surface area (Å²) in [6, 6.07) is 0. The van der Waals surface area contributed by atoms with Crippen LogP contribution < -0.4 is 10.6 Å². The maximum absolute atomic E-state index is 9.27. The van der Waals surface area contributed by atoms with Gasteiger partial charge in [-0.05, 0) is 57.7 Å². The minimum Gasteiger partial charge on any atom is -0.394 e. The van der Waals surface area contributed by atoms with Gasteiger partial charge < -0.3 is 15.7 Å². The first-order valence-corrected chi connectivity index (χ1v) is 5.80. The molecule has 14 heavy (non-hydrogen) atoms. The van der Waals surface area contributed by atoms with Crippen LogP contribution in [0.1, 0.15) is 26.2 Å². The molecular weight excluding hydrogens is 176 g/mol. The number of aliphatic hydroxyl groups excluding tert-OH is 1. The van der Waals surface area contributed by atoms with Crippen molar-refractivity contribution in [1.82, 2.24) is 10.6 Å². The molecule has 3 heteroatoms. The van der Waals surface area contributed by atoms with E-state index in [-0.39, 0.29) is 12.1 Å². The molecule has 0 radical (unpaired) electrons. The van der Waals surface area contributed by atoms with E-state index in [4.69, 9.17) is 0 Å². The summed E-state index contributed by atoms with van der Waals surface area (Å²) in [6.45, 7) is 5.86. The minimum absolute atomic E-state index is 0.00442. The van der Waals surface area contributed by atoms with Gasteiger partial charge in [-0.15, -0.1) is 0 Å². The van der Waals surface area contributed by atoms with Crippen molar-refractivity contribution in [2.75, 3.05) is 26.2 Å². The van der Waals surface area contributed by atoms with E-state index < -0.39 is 0 Å². The molecule has 0 bridgehead atoms. The Morgan fingerprint density at radius 2 is 2.00 bits per heavy atom. The van der Waals surface area contributed by atoms with E-state index in [0.717, 1.165) is 24.8 Å². The first kappa shape index (κ1) is 10.4. The zero-order chi connectivity index (χ0) is 10.0. The molecular formula is C11H22N2O. The highest BCUT2D eigenvalue weighted by Crippen LogP contribution is 2.33. The average molecular weight is 198 g/mol. The van der Waals surface area contributed by atoms with Gasteiger partial charge in [0.25, 0.3) is 0 Å². The minimum atomic E-state index is -0.00442. The Morgan fingerprint density at radius 3 is 2.57 bits per heavy atom. The molecule has 0 aromatic carbocycles. The van der Waals surface area contributed by atoms with E-state index >= 15 is 0 Å². The zero-order valence-corrected chi connectivity index (χ0v) is 9.05. The van der Waals surface area contributed by atoms with Crippen LogP contribution in [-0.2, 0) is 0 Å². The van der Waals surface area contributed by atoms with Crippen LogP contribution in [0.3, 0.4) is 0 Å². The normalized spacial score (nSPS) is 40.3. The van der Waals surface area contributed by atoms with Gasteiger partial charge in [0.05, 0.1) is 6.61 Å². The highest BCUT2D eigenvalue weighted by Gasteiger charge is 2.37. The molecule has 3 N–H and O–H groups in total. The molecule has 0 spiro atoms. The first-order valence-electron chi connectivity index (χ1n) is 5.80. The van der Waals surface area contributed by atoms with Crippen molar-refractivity contribution < 1.29 is 5.11 Å². The van der Waals surface area contributed by atoms with Crippen LogP contribution in [0, 0.1) is 11.8 Å². The molecule has 2 atom stereocenters. The van der Waals surface area contributed by atoms with Crippen LogP contribution in [0.5, 0.6) is 0 Å². The molecule has 0 aromatic rings. The van der Waals surface area contributed by atoms with Crippen LogP contribution in [0.15, 0.2) is 0 Å². The highest BCUT2D eigenvalue weighted by atomic mass is 16.3. The van der Waals surface area contributed by atoms with E-state index in [1.165, 1.54) is 25.9 Å². The monoisotopic (exact) mass is 198 g/mol. The summed E-state index contributed by atoms with van der Waals surface area (Å²) < 4.78 is 0.